The average molecular weight is 266 g/mol. The molecular weight excluding hydrogens is 255 g/mol. The number of fused-ring (bicyclic) bond motifs is 1. The van der Waals surface area contributed by atoms with Crippen molar-refractivity contribution in [2.75, 3.05) is 0 Å². The topological polar surface area (TPSA) is 37.3 Å². The van der Waals surface area contributed by atoms with Crippen molar-refractivity contribution >= 4 is 16.7 Å². The molecule has 1 N–H and O–H groups in total. The quantitative estimate of drug-likeness (QED) is 0.749. The molecule has 0 aliphatic carbocycles. The standard InChI is InChI=1S/C17H11FO2/c18-14-7-5-11(6-8-14)15-9-12-3-1-2-4-13(12)10-16(15)17(19)20/h1-10H,(H,19,20). The van der Waals surface area contributed by atoms with E-state index in [1.807, 2.05) is 30.3 Å². The van der Waals surface area contributed by atoms with Crippen LogP contribution in [-0.4, -0.2) is 11.1 Å². The Morgan fingerprint density at radius 1 is 0.900 bits per heavy atom. The lowest BCUT2D eigenvalue weighted by atomic mass is 9.95. The van der Waals surface area contributed by atoms with Crippen molar-refractivity contribution in [1.29, 1.82) is 0 Å². The summed E-state index contributed by atoms with van der Waals surface area (Å²) in [6.07, 6.45) is 0. The molecule has 0 atom stereocenters. The van der Waals surface area contributed by atoms with E-state index in [0.29, 0.717) is 11.1 Å². The third-order valence-electron chi connectivity index (χ3n) is 3.27. The van der Waals surface area contributed by atoms with E-state index in [1.54, 1.807) is 18.2 Å². The van der Waals surface area contributed by atoms with E-state index in [4.69, 9.17) is 0 Å². The number of hydrogen-bond donors (Lipinski definition) is 1. The van der Waals surface area contributed by atoms with Crippen molar-refractivity contribution in [3.63, 3.8) is 0 Å². The van der Waals surface area contributed by atoms with E-state index < -0.39 is 5.97 Å². The SMILES string of the molecule is O=C(O)c1cc2ccccc2cc1-c1ccc(F)cc1. The summed E-state index contributed by atoms with van der Waals surface area (Å²) in [5, 5.41) is 11.2. The van der Waals surface area contributed by atoms with Gasteiger partial charge in [-0.1, -0.05) is 36.4 Å². The molecule has 0 bridgehead atoms. The van der Waals surface area contributed by atoms with Crippen LogP contribution in [0.4, 0.5) is 4.39 Å². The first-order valence-corrected chi connectivity index (χ1v) is 6.17. The molecule has 0 spiro atoms. The Bertz CT molecular complexity index is 792. The summed E-state index contributed by atoms with van der Waals surface area (Å²) < 4.78 is 13.0. The van der Waals surface area contributed by atoms with Gasteiger partial charge >= 0.3 is 5.97 Å². The van der Waals surface area contributed by atoms with Gasteiger partial charge in [-0.2, -0.15) is 0 Å². The van der Waals surface area contributed by atoms with Crippen LogP contribution in [0.15, 0.2) is 60.7 Å². The maximum absolute atomic E-state index is 13.0. The lowest BCUT2D eigenvalue weighted by molar-refractivity contribution is 0.0698. The molecule has 20 heavy (non-hydrogen) atoms. The monoisotopic (exact) mass is 266 g/mol. The van der Waals surface area contributed by atoms with Crippen LogP contribution in [0.2, 0.25) is 0 Å². The lowest BCUT2D eigenvalue weighted by Crippen LogP contribution is -1.99. The highest BCUT2D eigenvalue weighted by Crippen LogP contribution is 2.29. The summed E-state index contributed by atoms with van der Waals surface area (Å²) in [5.74, 6) is -1.33. The van der Waals surface area contributed by atoms with Crippen LogP contribution < -0.4 is 0 Å². The summed E-state index contributed by atoms with van der Waals surface area (Å²) in [7, 11) is 0. The molecule has 0 aliphatic rings. The van der Waals surface area contributed by atoms with Crippen LogP contribution >= 0.6 is 0 Å². The van der Waals surface area contributed by atoms with Gasteiger partial charge in [0.25, 0.3) is 0 Å². The molecule has 2 nitrogen and oxygen atoms in total. The van der Waals surface area contributed by atoms with Crippen LogP contribution in [0, 0.1) is 5.82 Å². The molecule has 0 amide bonds. The first kappa shape index (κ1) is 12.4. The fourth-order valence-electron chi connectivity index (χ4n) is 2.29. The number of carboxylic acids is 1. The Balaban J connectivity index is 2.29. The van der Waals surface area contributed by atoms with Gasteiger partial charge < -0.3 is 5.11 Å². The second-order valence-corrected chi connectivity index (χ2v) is 4.56. The van der Waals surface area contributed by atoms with Gasteiger partial charge in [0.15, 0.2) is 0 Å². The maximum Gasteiger partial charge on any atom is 0.336 e. The minimum absolute atomic E-state index is 0.218. The highest BCUT2D eigenvalue weighted by molar-refractivity contribution is 6.02. The van der Waals surface area contributed by atoms with Crippen LogP contribution in [0.1, 0.15) is 10.4 Å². The van der Waals surface area contributed by atoms with Crippen molar-refractivity contribution in [2.24, 2.45) is 0 Å². The second-order valence-electron chi connectivity index (χ2n) is 4.56. The van der Waals surface area contributed by atoms with Gasteiger partial charge in [-0.3, -0.25) is 0 Å². The van der Waals surface area contributed by atoms with E-state index in [-0.39, 0.29) is 11.4 Å². The largest absolute Gasteiger partial charge is 0.478 e. The van der Waals surface area contributed by atoms with E-state index in [2.05, 4.69) is 0 Å². The van der Waals surface area contributed by atoms with Crippen LogP contribution in [-0.2, 0) is 0 Å². The lowest BCUT2D eigenvalue weighted by Gasteiger charge is -2.09. The third-order valence-corrected chi connectivity index (χ3v) is 3.27. The van der Waals surface area contributed by atoms with Crippen molar-refractivity contribution in [3.8, 4) is 11.1 Å². The zero-order valence-corrected chi connectivity index (χ0v) is 10.5. The number of benzene rings is 3. The molecule has 3 rings (SSSR count). The van der Waals surface area contributed by atoms with E-state index in [9.17, 15) is 14.3 Å². The molecule has 0 saturated heterocycles. The summed E-state index contributed by atoms with van der Waals surface area (Å²) in [5.41, 5.74) is 1.50. The predicted octanol–water partition coefficient (Wildman–Crippen LogP) is 4.34. The number of rotatable bonds is 2. The highest BCUT2D eigenvalue weighted by Gasteiger charge is 2.13. The maximum atomic E-state index is 13.0. The molecule has 3 aromatic carbocycles. The zero-order chi connectivity index (χ0) is 14.1. The number of halogens is 1. The summed E-state index contributed by atoms with van der Waals surface area (Å²) in [4.78, 5) is 11.4. The normalized spacial score (nSPS) is 10.7. The molecule has 0 saturated carbocycles. The number of aromatic carboxylic acids is 1. The van der Waals surface area contributed by atoms with Gasteiger partial charge in [0.1, 0.15) is 5.82 Å². The molecule has 3 aromatic rings. The fourth-order valence-corrected chi connectivity index (χ4v) is 2.29. The Morgan fingerprint density at radius 2 is 1.50 bits per heavy atom. The van der Waals surface area contributed by atoms with E-state index in [1.165, 1.54) is 12.1 Å². The number of carbonyl (C=O) groups is 1. The minimum Gasteiger partial charge on any atom is -0.478 e. The molecular formula is C17H11FO2. The third kappa shape index (κ3) is 2.14. The van der Waals surface area contributed by atoms with Crippen molar-refractivity contribution < 1.29 is 14.3 Å². The molecule has 0 radical (unpaired) electrons. The zero-order valence-electron chi connectivity index (χ0n) is 10.5. The smallest absolute Gasteiger partial charge is 0.336 e. The Kier molecular flexibility index (Phi) is 2.95. The molecule has 0 unspecified atom stereocenters. The minimum atomic E-state index is -0.991. The van der Waals surface area contributed by atoms with Crippen LogP contribution in [0.3, 0.4) is 0 Å². The predicted molar refractivity (Wildman–Crippen MR) is 76.3 cm³/mol. The second kappa shape index (κ2) is 4.78. The van der Waals surface area contributed by atoms with E-state index >= 15 is 0 Å². The van der Waals surface area contributed by atoms with Crippen molar-refractivity contribution in [1.82, 2.24) is 0 Å². The van der Waals surface area contributed by atoms with Gasteiger partial charge in [-0.15, -0.1) is 0 Å². The number of hydrogen-bond acceptors (Lipinski definition) is 1. The molecule has 0 aromatic heterocycles. The van der Waals surface area contributed by atoms with Gasteiger partial charge in [0.05, 0.1) is 5.56 Å². The van der Waals surface area contributed by atoms with Crippen LogP contribution in [0.5, 0.6) is 0 Å². The van der Waals surface area contributed by atoms with Gasteiger partial charge in [0.2, 0.25) is 0 Å². The highest BCUT2D eigenvalue weighted by atomic mass is 19.1. The number of carboxylic acid groups (broad SMARTS) is 1. The fraction of sp³-hybridized carbons (Fsp3) is 0. The summed E-state index contributed by atoms with van der Waals surface area (Å²) in [6.45, 7) is 0. The molecule has 3 heteroatoms. The molecule has 0 aliphatic heterocycles. The molecule has 98 valence electrons. The summed E-state index contributed by atoms with van der Waals surface area (Å²) in [6, 6.07) is 16.9. The van der Waals surface area contributed by atoms with Gasteiger partial charge in [-0.05, 0) is 46.2 Å². The molecule has 0 fully saturated rings. The van der Waals surface area contributed by atoms with Crippen LogP contribution in [0.25, 0.3) is 21.9 Å². The Morgan fingerprint density at radius 3 is 2.10 bits per heavy atom. The molecule has 0 heterocycles. The Labute approximate surface area is 115 Å². The van der Waals surface area contributed by atoms with E-state index in [0.717, 1.165) is 10.8 Å². The van der Waals surface area contributed by atoms with Gasteiger partial charge in [0, 0.05) is 0 Å². The Hall–Kier alpha value is -2.68. The van der Waals surface area contributed by atoms with Gasteiger partial charge in [-0.25, -0.2) is 9.18 Å². The van der Waals surface area contributed by atoms with Crippen molar-refractivity contribution in [2.45, 2.75) is 0 Å². The first-order chi connectivity index (χ1) is 9.65. The first-order valence-electron chi connectivity index (χ1n) is 6.17. The summed E-state index contributed by atoms with van der Waals surface area (Å²) >= 11 is 0. The van der Waals surface area contributed by atoms with Crippen molar-refractivity contribution in [3.05, 3.63) is 72.0 Å². The average Bonchev–Trinajstić information content (AvgIpc) is 2.46.